The normalized spacial score (nSPS) is 27.8. The summed E-state index contributed by atoms with van der Waals surface area (Å²) in [4.78, 5) is 12.6. The Morgan fingerprint density at radius 2 is 1.88 bits per heavy atom. The van der Waals surface area contributed by atoms with Gasteiger partial charge in [0.2, 0.25) is 0 Å². The van der Waals surface area contributed by atoms with E-state index in [1.165, 1.54) is 6.33 Å². The summed E-state index contributed by atoms with van der Waals surface area (Å²) < 4.78 is 8.40. The highest BCUT2D eigenvalue weighted by Gasteiger charge is 2.59. The molecule has 3 aromatic rings. The van der Waals surface area contributed by atoms with Crippen LogP contribution in [-0.2, 0) is 22.5 Å². The quantitative estimate of drug-likeness (QED) is 0.740. The summed E-state index contributed by atoms with van der Waals surface area (Å²) in [5.41, 5.74) is 2.47. The van der Waals surface area contributed by atoms with Gasteiger partial charge >= 0.3 is 0 Å². The molecule has 0 amide bonds. The number of imidazole rings is 1. The van der Waals surface area contributed by atoms with Gasteiger partial charge in [0, 0.05) is 0 Å². The van der Waals surface area contributed by atoms with Crippen LogP contribution in [0, 0.1) is 0 Å². The van der Waals surface area contributed by atoms with Crippen molar-refractivity contribution in [3.63, 3.8) is 0 Å². The van der Waals surface area contributed by atoms with Gasteiger partial charge in [0.1, 0.15) is 23.0 Å². The molecule has 6 nitrogen and oxygen atoms in total. The molecule has 1 N–H and O–H groups in total. The first kappa shape index (κ1) is 14.3. The van der Waals surface area contributed by atoms with Crippen LogP contribution in [0.5, 0.6) is 0 Å². The van der Waals surface area contributed by atoms with E-state index in [4.69, 9.17) is 16.3 Å². The molecular formula is C17H15ClN4O2. The summed E-state index contributed by atoms with van der Waals surface area (Å²) in [6.07, 6.45) is 4.83. The van der Waals surface area contributed by atoms with Gasteiger partial charge in [-0.25, -0.2) is 15.0 Å². The van der Waals surface area contributed by atoms with Crippen LogP contribution in [0.15, 0.2) is 36.9 Å². The van der Waals surface area contributed by atoms with Gasteiger partial charge < -0.3 is 14.4 Å². The first-order valence-corrected chi connectivity index (χ1v) is 8.28. The zero-order valence-corrected chi connectivity index (χ0v) is 13.6. The van der Waals surface area contributed by atoms with E-state index in [2.05, 4.69) is 27.1 Å². The molecule has 0 saturated carbocycles. The van der Waals surface area contributed by atoms with Gasteiger partial charge in [-0.2, -0.15) is 0 Å². The molecule has 1 saturated heterocycles. The minimum absolute atomic E-state index is 0.00949. The number of nitrogens with zero attached hydrogens (tertiary/aromatic N) is 4. The highest BCUT2D eigenvalue weighted by molar-refractivity contribution is 6.33. The lowest BCUT2D eigenvalue weighted by Crippen LogP contribution is -2.29. The smallest absolute Gasteiger partial charge is 0.164 e. The van der Waals surface area contributed by atoms with Crippen molar-refractivity contribution in [1.82, 2.24) is 19.5 Å². The fraction of sp³-hybridized carbons (Fsp3) is 0.353. The van der Waals surface area contributed by atoms with E-state index in [0.717, 1.165) is 24.0 Å². The number of halogens is 1. The number of aromatic nitrogens is 4. The molecular weight excluding hydrogens is 328 g/mol. The monoisotopic (exact) mass is 342 g/mol. The molecule has 0 aliphatic carbocycles. The predicted octanol–water partition coefficient (Wildman–Crippen LogP) is 2.39. The SMILES string of the molecule is OC[C@@]12CC[C@@](Cn3cnc4c(Cl)ncnc43)(O1)c1ccccc12. The topological polar surface area (TPSA) is 73.1 Å². The molecule has 7 heteroatoms. The second-order valence-electron chi connectivity index (χ2n) is 6.50. The largest absolute Gasteiger partial charge is 0.393 e. The molecule has 4 heterocycles. The van der Waals surface area contributed by atoms with Crippen molar-refractivity contribution in [3.8, 4) is 0 Å². The lowest BCUT2D eigenvalue weighted by atomic mass is 9.77. The predicted molar refractivity (Wildman–Crippen MR) is 87.5 cm³/mol. The fourth-order valence-electron chi connectivity index (χ4n) is 4.17. The second kappa shape index (κ2) is 4.75. The van der Waals surface area contributed by atoms with Gasteiger partial charge in [0.05, 0.1) is 19.5 Å². The van der Waals surface area contributed by atoms with Crippen molar-refractivity contribution in [3.05, 3.63) is 53.2 Å². The third-order valence-electron chi connectivity index (χ3n) is 5.27. The van der Waals surface area contributed by atoms with E-state index in [1.807, 2.05) is 16.7 Å². The number of aliphatic hydroxyl groups excluding tert-OH is 1. The van der Waals surface area contributed by atoms with E-state index in [0.29, 0.717) is 22.9 Å². The Kier molecular flexibility index (Phi) is 2.84. The Morgan fingerprint density at radius 3 is 2.67 bits per heavy atom. The third-order valence-corrected chi connectivity index (χ3v) is 5.55. The Hall–Kier alpha value is -2.02. The summed E-state index contributed by atoms with van der Waals surface area (Å²) in [5.74, 6) is 0. The Bertz CT molecular complexity index is 959. The minimum Gasteiger partial charge on any atom is -0.393 e. The van der Waals surface area contributed by atoms with Crippen molar-refractivity contribution in [2.45, 2.75) is 30.6 Å². The van der Waals surface area contributed by atoms with Crippen molar-refractivity contribution in [2.75, 3.05) is 6.61 Å². The van der Waals surface area contributed by atoms with Crippen molar-refractivity contribution >= 4 is 22.8 Å². The molecule has 2 aliphatic rings. The number of ether oxygens (including phenoxy) is 1. The fourth-order valence-corrected chi connectivity index (χ4v) is 4.35. The van der Waals surface area contributed by atoms with Crippen LogP contribution in [0.3, 0.4) is 0 Å². The molecule has 2 aliphatic heterocycles. The Morgan fingerprint density at radius 1 is 1.12 bits per heavy atom. The number of fused-ring (bicyclic) bond motifs is 6. The van der Waals surface area contributed by atoms with Crippen LogP contribution in [0.2, 0.25) is 5.15 Å². The average molecular weight is 343 g/mol. The van der Waals surface area contributed by atoms with E-state index < -0.39 is 11.2 Å². The number of benzene rings is 1. The molecule has 2 aromatic heterocycles. The zero-order valence-electron chi connectivity index (χ0n) is 12.8. The molecule has 5 rings (SSSR count). The number of rotatable bonds is 3. The van der Waals surface area contributed by atoms with Crippen LogP contribution >= 0.6 is 11.6 Å². The van der Waals surface area contributed by atoms with Gasteiger partial charge in [0.15, 0.2) is 10.8 Å². The highest BCUT2D eigenvalue weighted by atomic mass is 35.5. The molecule has 1 aromatic carbocycles. The number of hydrogen-bond donors (Lipinski definition) is 1. The van der Waals surface area contributed by atoms with Gasteiger partial charge in [-0.3, -0.25) is 0 Å². The van der Waals surface area contributed by atoms with Crippen LogP contribution in [-0.4, -0.2) is 31.2 Å². The van der Waals surface area contributed by atoms with Crippen molar-refractivity contribution in [2.24, 2.45) is 0 Å². The maximum atomic E-state index is 9.96. The maximum absolute atomic E-state index is 9.96. The van der Waals surface area contributed by atoms with Crippen molar-refractivity contribution < 1.29 is 9.84 Å². The van der Waals surface area contributed by atoms with Crippen molar-refractivity contribution in [1.29, 1.82) is 0 Å². The van der Waals surface area contributed by atoms with Gasteiger partial charge in [0.25, 0.3) is 0 Å². The minimum atomic E-state index is -0.584. The van der Waals surface area contributed by atoms with E-state index in [-0.39, 0.29) is 6.61 Å². The summed E-state index contributed by atoms with van der Waals surface area (Å²) in [6.45, 7) is 0.569. The molecule has 0 radical (unpaired) electrons. The summed E-state index contributed by atoms with van der Waals surface area (Å²) in [6, 6.07) is 8.15. The van der Waals surface area contributed by atoms with Crippen LogP contribution < -0.4 is 0 Å². The van der Waals surface area contributed by atoms with Gasteiger partial charge in [-0.05, 0) is 24.0 Å². The molecule has 1 fully saturated rings. The Balaban J connectivity index is 1.64. The summed E-state index contributed by atoms with van der Waals surface area (Å²) >= 11 is 6.10. The van der Waals surface area contributed by atoms with Crippen LogP contribution in [0.25, 0.3) is 11.2 Å². The van der Waals surface area contributed by atoms with Crippen LogP contribution in [0.4, 0.5) is 0 Å². The first-order valence-electron chi connectivity index (χ1n) is 7.90. The number of hydrogen-bond acceptors (Lipinski definition) is 5. The van der Waals surface area contributed by atoms with E-state index in [9.17, 15) is 5.11 Å². The molecule has 0 unspecified atom stereocenters. The van der Waals surface area contributed by atoms with E-state index >= 15 is 0 Å². The molecule has 0 spiro atoms. The molecule has 24 heavy (non-hydrogen) atoms. The van der Waals surface area contributed by atoms with Gasteiger partial charge in [-0.1, -0.05) is 35.9 Å². The average Bonchev–Trinajstić information content (AvgIpc) is 3.27. The first-order chi connectivity index (χ1) is 11.7. The third kappa shape index (κ3) is 1.70. The van der Waals surface area contributed by atoms with E-state index in [1.54, 1.807) is 6.33 Å². The maximum Gasteiger partial charge on any atom is 0.164 e. The molecule has 2 atom stereocenters. The lowest BCUT2D eigenvalue weighted by Gasteiger charge is -2.27. The highest BCUT2D eigenvalue weighted by Crippen LogP contribution is 2.58. The number of aliphatic hydroxyl groups is 1. The standard InChI is InChI=1S/C17H15ClN4O2/c18-14-13-15(20-9-19-14)22(10-21-13)7-16-5-6-17(8-23,24-16)12-4-2-1-3-11(12)16/h1-4,9-10,23H,5-8H2/t16-,17+/m0/s1. The zero-order chi connectivity index (χ0) is 16.4. The second-order valence-corrected chi connectivity index (χ2v) is 6.86. The lowest BCUT2D eigenvalue weighted by molar-refractivity contribution is -0.116. The van der Waals surface area contributed by atoms with Gasteiger partial charge in [-0.15, -0.1) is 0 Å². The summed E-state index contributed by atoms with van der Waals surface area (Å²) in [5, 5.41) is 10.3. The Labute approximate surface area is 143 Å². The molecule has 2 bridgehead atoms. The summed E-state index contributed by atoms with van der Waals surface area (Å²) in [7, 11) is 0. The molecule has 122 valence electrons. The van der Waals surface area contributed by atoms with Crippen LogP contribution in [0.1, 0.15) is 24.0 Å².